The standard InChI is InChI=1S/C12H22N2/c1-11(10-12(2,3)13-4)14-8-6-5-7-9-14/h1,4-10H2,2-3H3. The summed E-state index contributed by atoms with van der Waals surface area (Å²) in [7, 11) is 0. The first-order valence-electron chi connectivity index (χ1n) is 5.46. The van der Waals surface area contributed by atoms with Gasteiger partial charge >= 0.3 is 0 Å². The minimum absolute atomic E-state index is 0.0610. The van der Waals surface area contributed by atoms with Gasteiger partial charge in [-0.05, 0) is 39.8 Å². The minimum Gasteiger partial charge on any atom is -0.375 e. The number of nitrogens with zero attached hydrogens (tertiary/aromatic N) is 2. The molecule has 0 bridgehead atoms. The molecule has 1 aliphatic rings. The van der Waals surface area contributed by atoms with Gasteiger partial charge in [-0.15, -0.1) is 0 Å². The van der Waals surface area contributed by atoms with E-state index in [2.05, 4.69) is 37.0 Å². The van der Waals surface area contributed by atoms with E-state index in [1.54, 1.807) is 0 Å². The number of piperidine rings is 1. The first-order chi connectivity index (χ1) is 6.55. The molecule has 2 heteroatoms. The van der Waals surface area contributed by atoms with Crippen molar-refractivity contribution < 1.29 is 0 Å². The molecule has 14 heavy (non-hydrogen) atoms. The van der Waals surface area contributed by atoms with Gasteiger partial charge in [0, 0.05) is 25.2 Å². The first-order valence-corrected chi connectivity index (χ1v) is 5.46. The van der Waals surface area contributed by atoms with Crippen LogP contribution in [-0.4, -0.2) is 30.2 Å². The Morgan fingerprint density at radius 3 is 2.36 bits per heavy atom. The van der Waals surface area contributed by atoms with Crippen molar-refractivity contribution in [3.05, 3.63) is 12.3 Å². The molecule has 0 N–H and O–H groups in total. The van der Waals surface area contributed by atoms with Gasteiger partial charge in [-0.25, -0.2) is 0 Å². The maximum Gasteiger partial charge on any atom is 0.0599 e. The van der Waals surface area contributed by atoms with Gasteiger partial charge in [0.25, 0.3) is 0 Å². The van der Waals surface area contributed by atoms with Crippen molar-refractivity contribution in [3.63, 3.8) is 0 Å². The molecule has 2 nitrogen and oxygen atoms in total. The molecule has 0 unspecified atom stereocenters. The van der Waals surface area contributed by atoms with Crippen molar-refractivity contribution in [2.45, 2.75) is 45.1 Å². The Bertz CT molecular complexity index is 212. The monoisotopic (exact) mass is 194 g/mol. The topological polar surface area (TPSA) is 15.6 Å². The van der Waals surface area contributed by atoms with Gasteiger partial charge in [0.1, 0.15) is 0 Å². The molecular weight excluding hydrogens is 172 g/mol. The van der Waals surface area contributed by atoms with E-state index in [0.29, 0.717) is 0 Å². The fraction of sp³-hybridized carbons (Fsp3) is 0.750. The second-order valence-corrected chi connectivity index (χ2v) is 4.76. The Morgan fingerprint density at radius 2 is 1.86 bits per heavy atom. The van der Waals surface area contributed by atoms with Crippen LogP contribution in [0.2, 0.25) is 0 Å². The summed E-state index contributed by atoms with van der Waals surface area (Å²) in [6.07, 6.45) is 4.91. The quantitative estimate of drug-likeness (QED) is 0.628. The number of likely N-dealkylation sites (tertiary alicyclic amines) is 1. The van der Waals surface area contributed by atoms with Crippen LogP contribution in [0.1, 0.15) is 39.5 Å². The first kappa shape index (κ1) is 11.3. The van der Waals surface area contributed by atoms with E-state index < -0.39 is 0 Å². The lowest BCUT2D eigenvalue weighted by Crippen LogP contribution is -2.31. The van der Waals surface area contributed by atoms with Crippen molar-refractivity contribution in [1.82, 2.24) is 4.90 Å². The van der Waals surface area contributed by atoms with Gasteiger partial charge in [-0.1, -0.05) is 6.58 Å². The molecule has 80 valence electrons. The normalized spacial score (nSPS) is 18.0. The van der Waals surface area contributed by atoms with Crippen LogP contribution in [0, 0.1) is 0 Å². The lowest BCUT2D eigenvalue weighted by molar-refractivity contribution is 0.266. The fourth-order valence-electron chi connectivity index (χ4n) is 1.88. The number of hydrogen-bond donors (Lipinski definition) is 0. The molecule has 0 amide bonds. The highest BCUT2D eigenvalue weighted by atomic mass is 15.1. The van der Waals surface area contributed by atoms with Gasteiger partial charge in [0.15, 0.2) is 0 Å². The minimum atomic E-state index is -0.0610. The molecule has 0 radical (unpaired) electrons. The van der Waals surface area contributed by atoms with E-state index in [9.17, 15) is 0 Å². The number of hydrogen-bond acceptors (Lipinski definition) is 2. The van der Waals surface area contributed by atoms with Crippen LogP contribution in [0.4, 0.5) is 0 Å². The molecule has 0 spiro atoms. The Balaban J connectivity index is 2.44. The zero-order valence-corrected chi connectivity index (χ0v) is 9.55. The second kappa shape index (κ2) is 4.63. The Hall–Kier alpha value is -0.790. The maximum atomic E-state index is 4.15. The molecule has 1 aliphatic heterocycles. The third-order valence-corrected chi connectivity index (χ3v) is 2.87. The molecule has 1 fully saturated rings. The summed E-state index contributed by atoms with van der Waals surface area (Å²) in [5, 5.41) is 0. The Kier molecular flexibility index (Phi) is 3.73. The average molecular weight is 194 g/mol. The zero-order valence-electron chi connectivity index (χ0n) is 9.55. The maximum absolute atomic E-state index is 4.15. The van der Waals surface area contributed by atoms with Crippen LogP contribution in [0.5, 0.6) is 0 Å². The van der Waals surface area contributed by atoms with Gasteiger partial charge in [-0.2, -0.15) is 0 Å². The van der Waals surface area contributed by atoms with E-state index in [1.807, 2.05) is 0 Å². The predicted octanol–water partition coefficient (Wildman–Crippen LogP) is 2.86. The second-order valence-electron chi connectivity index (χ2n) is 4.76. The third-order valence-electron chi connectivity index (χ3n) is 2.87. The summed E-state index contributed by atoms with van der Waals surface area (Å²) < 4.78 is 0. The molecule has 1 heterocycles. The van der Waals surface area contributed by atoms with Crippen LogP contribution in [-0.2, 0) is 0 Å². The lowest BCUT2D eigenvalue weighted by atomic mass is 9.98. The zero-order chi connectivity index (χ0) is 10.6. The number of rotatable bonds is 4. The highest BCUT2D eigenvalue weighted by molar-refractivity contribution is 5.26. The molecular formula is C12H22N2. The van der Waals surface area contributed by atoms with Gasteiger partial charge < -0.3 is 4.90 Å². The van der Waals surface area contributed by atoms with Crippen LogP contribution in [0.3, 0.4) is 0 Å². The summed E-state index contributed by atoms with van der Waals surface area (Å²) in [6.45, 7) is 14.3. The van der Waals surface area contributed by atoms with Crippen molar-refractivity contribution >= 4 is 6.72 Å². The number of aliphatic imine (C=N–C) groups is 1. The summed E-state index contributed by atoms with van der Waals surface area (Å²) in [5.74, 6) is 0. The van der Waals surface area contributed by atoms with E-state index in [0.717, 1.165) is 6.42 Å². The van der Waals surface area contributed by atoms with Gasteiger partial charge in [0.05, 0.1) is 5.54 Å². The Labute approximate surface area is 87.7 Å². The fourth-order valence-corrected chi connectivity index (χ4v) is 1.88. The van der Waals surface area contributed by atoms with E-state index in [1.165, 1.54) is 38.0 Å². The summed E-state index contributed by atoms with van der Waals surface area (Å²) in [6, 6.07) is 0. The highest BCUT2D eigenvalue weighted by Gasteiger charge is 2.20. The summed E-state index contributed by atoms with van der Waals surface area (Å²) >= 11 is 0. The van der Waals surface area contributed by atoms with Crippen LogP contribution < -0.4 is 0 Å². The van der Waals surface area contributed by atoms with Crippen LogP contribution >= 0.6 is 0 Å². The Morgan fingerprint density at radius 1 is 1.29 bits per heavy atom. The van der Waals surface area contributed by atoms with E-state index >= 15 is 0 Å². The van der Waals surface area contributed by atoms with Crippen molar-refractivity contribution in [2.24, 2.45) is 4.99 Å². The van der Waals surface area contributed by atoms with Crippen molar-refractivity contribution in [3.8, 4) is 0 Å². The van der Waals surface area contributed by atoms with Gasteiger partial charge in [0.2, 0.25) is 0 Å². The van der Waals surface area contributed by atoms with Crippen LogP contribution in [0.25, 0.3) is 0 Å². The third kappa shape index (κ3) is 3.17. The smallest absolute Gasteiger partial charge is 0.0599 e. The molecule has 0 aromatic heterocycles. The predicted molar refractivity (Wildman–Crippen MR) is 62.8 cm³/mol. The summed E-state index contributed by atoms with van der Waals surface area (Å²) in [4.78, 5) is 6.52. The van der Waals surface area contributed by atoms with Gasteiger partial charge in [-0.3, -0.25) is 4.99 Å². The average Bonchev–Trinajstić information content (AvgIpc) is 2.19. The molecule has 0 saturated carbocycles. The van der Waals surface area contributed by atoms with E-state index in [4.69, 9.17) is 0 Å². The molecule has 0 atom stereocenters. The van der Waals surface area contributed by atoms with Crippen LogP contribution in [0.15, 0.2) is 17.3 Å². The van der Waals surface area contributed by atoms with Crippen molar-refractivity contribution in [1.29, 1.82) is 0 Å². The SMILES string of the molecule is C=NC(C)(C)CC(=C)N1CCCCC1. The molecule has 0 aromatic carbocycles. The van der Waals surface area contributed by atoms with Crippen molar-refractivity contribution in [2.75, 3.05) is 13.1 Å². The highest BCUT2D eigenvalue weighted by Crippen LogP contribution is 2.23. The molecule has 0 aliphatic carbocycles. The largest absolute Gasteiger partial charge is 0.375 e. The molecule has 1 rings (SSSR count). The van der Waals surface area contributed by atoms with E-state index in [-0.39, 0.29) is 5.54 Å². The molecule has 0 aromatic rings. The summed E-state index contributed by atoms with van der Waals surface area (Å²) in [5.41, 5.74) is 1.16. The lowest BCUT2D eigenvalue weighted by Gasteiger charge is -2.33. The molecule has 1 saturated heterocycles.